The van der Waals surface area contributed by atoms with Crippen molar-refractivity contribution in [2.24, 2.45) is 0 Å². The van der Waals surface area contributed by atoms with Crippen molar-refractivity contribution in [1.82, 2.24) is 4.98 Å². The molecule has 2 aromatic rings. The number of benzene rings is 1. The molecule has 0 bridgehead atoms. The summed E-state index contributed by atoms with van der Waals surface area (Å²) in [6.45, 7) is 6.57. The van der Waals surface area contributed by atoms with Crippen LogP contribution in [0.3, 0.4) is 0 Å². The van der Waals surface area contributed by atoms with Gasteiger partial charge in [-0.3, -0.25) is 4.98 Å². The van der Waals surface area contributed by atoms with Gasteiger partial charge in [-0.15, -0.1) is 0 Å². The molecular formula is C17H21NO2. The van der Waals surface area contributed by atoms with Crippen molar-refractivity contribution < 1.29 is 9.84 Å². The standard InChI is InChI=1S/C17H21NO2/c1-4-11-20-16-8-6-5-7-15(16)17(19)14-10-9-12(2)18-13(14)3/h5-10,17,19H,4,11H2,1-3H3. The summed E-state index contributed by atoms with van der Waals surface area (Å²) in [5.74, 6) is 0.738. The Balaban J connectivity index is 2.35. The van der Waals surface area contributed by atoms with Gasteiger partial charge in [0.15, 0.2) is 0 Å². The summed E-state index contributed by atoms with van der Waals surface area (Å²) in [5.41, 5.74) is 3.41. The third-order valence-corrected chi connectivity index (χ3v) is 3.24. The number of ether oxygens (including phenoxy) is 1. The SMILES string of the molecule is CCCOc1ccccc1C(O)c1ccc(C)nc1C. The van der Waals surface area contributed by atoms with Gasteiger partial charge in [0.05, 0.1) is 6.61 Å². The largest absolute Gasteiger partial charge is 0.493 e. The van der Waals surface area contributed by atoms with Crippen LogP contribution < -0.4 is 4.74 Å². The molecule has 0 fully saturated rings. The van der Waals surface area contributed by atoms with E-state index in [9.17, 15) is 5.11 Å². The normalized spacial score (nSPS) is 12.2. The average molecular weight is 271 g/mol. The Morgan fingerprint density at radius 1 is 1.10 bits per heavy atom. The highest BCUT2D eigenvalue weighted by atomic mass is 16.5. The van der Waals surface area contributed by atoms with Gasteiger partial charge in [-0.05, 0) is 32.4 Å². The van der Waals surface area contributed by atoms with Gasteiger partial charge in [-0.25, -0.2) is 0 Å². The molecule has 1 aromatic heterocycles. The fraction of sp³-hybridized carbons (Fsp3) is 0.353. The molecule has 20 heavy (non-hydrogen) atoms. The van der Waals surface area contributed by atoms with Gasteiger partial charge in [-0.2, -0.15) is 0 Å². The molecule has 0 aliphatic rings. The van der Waals surface area contributed by atoms with E-state index in [0.29, 0.717) is 6.61 Å². The molecular weight excluding hydrogens is 250 g/mol. The molecule has 1 N–H and O–H groups in total. The number of nitrogens with zero attached hydrogens (tertiary/aromatic N) is 1. The van der Waals surface area contributed by atoms with Crippen molar-refractivity contribution in [2.45, 2.75) is 33.3 Å². The first-order valence-corrected chi connectivity index (χ1v) is 6.97. The molecule has 3 nitrogen and oxygen atoms in total. The van der Waals surface area contributed by atoms with E-state index in [1.807, 2.05) is 50.2 Å². The van der Waals surface area contributed by atoms with E-state index in [1.54, 1.807) is 0 Å². The first-order chi connectivity index (χ1) is 9.63. The second-order valence-corrected chi connectivity index (χ2v) is 4.92. The zero-order valence-electron chi connectivity index (χ0n) is 12.3. The monoisotopic (exact) mass is 271 g/mol. The molecule has 106 valence electrons. The molecule has 0 spiro atoms. The Morgan fingerprint density at radius 2 is 1.85 bits per heavy atom. The van der Waals surface area contributed by atoms with E-state index >= 15 is 0 Å². The molecule has 3 heteroatoms. The smallest absolute Gasteiger partial charge is 0.125 e. The molecule has 2 rings (SSSR count). The zero-order valence-corrected chi connectivity index (χ0v) is 12.3. The number of aryl methyl sites for hydroxylation is 2. The van der Waals surface area contributed by atoms with E-state index in [1.165, 1.54) is 0 Å². The molecule has 0 amide bonds. The van der Waals surface area contributed by atoms with Crippen molar-refractivity contribution >= 4 is 0 Å². The van der Waals surface area contributed by atoms with Crippen molar-refractivity contribution in [1.29, 1.82) is 0 Å². The summed E-state index contributed by atoms with van der Waals surface area (Å²) in [5, 5.41) is 10.6. The number of hydrogen-bond acceptors (Lipinski definition) is 3. The number of aromatic nitrogens is 1. The molecule has 1 aromatic carbocycles. The number of pyridine rings is 1. The molecule has 1 heterocycles. The summed E-state index contributed by atoms with van der Waals surface area (Å²) in [4.78, 5) is 4.41. The van der Waals surface area contributed by atoms with Gasteiger partial charge in [0.1, 0.15) is 11.9 Å². The average Bonchev–Trinajstić information content (AvgIpc) is 2.45. The van der Waals surface area contributed by atoms with E-state index in [4.69, 9.17) is 4.74 Å². The molecule has 1 atom stereocenters. The molecule has 0 aliphatic carbocycles. The van der Waals surface area contributed by atoms with Crippen LogP contribution in [0.4, 0.5) is 0 Å². The van der Waals surface area contributed by atoms with Crippen LogP contribution in [0, 0.1) is 13.8 Å². The van der Waals surface area contributed by atoms with Gasteiger partial charge in [0, 0.05) is 22.5 Å². The summed E-state index contributed by atoms with van der Waals surface area (Å²) >= 11 is 0. The highest BCUT2D eigenvalue weighted by molar-refractivity contribution is 5.41. The number of para-hydroxylation sites is 1. The van der Waals surface area contributed by atoms with Crippen LogP contribution in [0.5, 0.6) is 5.75 Å². The topological polar surface area (TPSA) is 42.4 Å². The number of hydrogen-bond donors (Lipinski definition) is 1. The lowest BCUT2D eigenvalue weighted by atomic mass is 9.99. The van der Waals surface area contributed by atoms with Gasteiger partial charge >= 0.3 is 0 Å². The second kappa shape index (κ2) is 6.53. The quantitative estimate of drug-likeness (QED) is 0.904. The Labute approximate surface area is 120 Å². The van der Waals surface area contributed by atoms with Gasteiger partial charge in [-0.1, -0.05) is 31.2 Å². The minimum Gasteiger partial charge on any atom is -0.493 e. The maximum atomic E-state index is 10.6. The summed E-state index contributed by atoms with van der Waals surface area (Å²) < 4.78 is 5.71. The van der Waals surface area contributed by atoms with Crippen LogP contribution in [-0.2, 0) is 0 Å². The van der Waals surface area contributed by atoms with Crippen LogP contribution in [0.15, 0.2) is 36.4 Å². The fourth-order valence-corrected chi connectivity index (χ4v) is 2.20. The third-order valence-electron chi connectivity index (χ3n) is 3.24. The second-order valence-electron chi connectivity index (χ2n) is 4.92. The first kappa shape index (κ1) is 14.5. The first-order valence-electron chi connectivity index (χ1n) is 6.97. The minimum absolute atomic E-state index is 0.648. The predicted molar refractivity (Wildman–Crippen MR) is 80.0 cm³/mol. The van der Waals surface area contributed by atoms with E-state index < -0.39 is 6.10 Å². The van der Waals surface area contributed by atoms with Crippen LogP contribution in [-0.4, -0.2) is 16.7 Å². The minimum atomic E-state index is -0.712. The van der Waals surface area contributed by atoms with Gasteiger partial charge in [0.2, 0.25) is 0 Å². The zero-order chi connectivity index (χ0) is 14.5. The Kier molecular flexibility index (Phi) is 4.74. The number of aliphatic hydroxyl groups is 1. The Hall–Kier alpha value is -1.87. The maximum absolute atomic E-state index is 10.6. The van der Waals surface area contributed by atoms with E-state index in [2.05, 4.69) is 11.9 Å². The summed E-state index contributed by atoms with van der Waals surface area (Å²) in [6, 6.07) is 11.5. The number of rotatable bonds is 5. The fourth-order valence-electron chi connectivity index (χ4n) is 2.20. The maximum Gasteiger partial charge on any atom is 0.125 e. The van der Waals surface area contributed by atoms with Crippen LogP contribution >= 0.6 is 0 Å². The van der Waals surface area contributed by atoms with Gasteiger partial charge in [0.25, 0.3) is 0 Å². The lowest BCUT2D eigenvalue weighted by molar-refractivity contribution is 0.209. The Morgan fingerprint density at radius 3 is 2.55 bits per heavy atom. The number of aliphatic hydroxyl groups excluding tert-OH is 1. The summed E-state index contributed by atoms with van der Waals surface area (Å²) in [6.07, 6.45) is 0.228. The molecule has 0 radical (unpaired) electrons. The predicted octanol–water partition coefficient (Wildman–Crippen LogP) is 3.57. The van der Waals surface area contributed by atoms with E-state index in [0.717, 1.165) is 34.7 Å². The van der Waals surface area contributed by atoms with Crippen molar-refractivity contribution in [3.8, 4) is 5.75 Å². The molecule has 0 saturated carbocycles. The Bertz CT molecular complexity index is 581. The lowest BCUT2D eigenvalue weighted by Crippen LogP contribution is -2.07. The van der Waals surface area contributed by atoms with Crippen LogP contribution in [0.2, 0.25) is 0 Å². The van der Waals surface area contributed by atoms with Gasteiger partial charge < -0.3 is 9.84 Å². The van der Waals surface area contributed by atoms with Crippen molar-refractivity contribution in [3.63, 3.8) is 0 Å². The van der Waals surface area contributed by atoms with Crippen LogP contribution in [0.1, 0.15) is 42.0 Å². The summed E-state index contributed by atoms with van der Waals surface area (Å²) in [7, 11) is 0. The van der Waals surface area contributed by atoms with E-state index in [-0.39, 0.29) is 0 Å². The third kappa shape index (κ3) is 3.17. The molecule has 0 saturated heterocycles. The lowest BCUT2D eigenvalue weighted by Gasteiger charge is -2.17. The van der Waals surface area contributed by atoms with Crippen LogP contribution in [0.25, 0.3) is 0 Å². The highest BCUT2D eigenvalue weighted by Gasteiger charge is 2.17. The van der Waals surface area contributed by atoms with Crippen molar-refractivity contribution in [2.75, 3.05) is 6.61 Å². The molecule has 0 aliphatic heterocycles. The highest BCUT2D eigenvalue weighted by Crippen LogP contribution is 2.31. The van der Waals surface area contributed by atoms with Crippen molar-refractivity contribution in [3.05, 3.63) is 58.9 Å². The molecule has 1 unspecified atom stereocenters.